The van der Waals surface area contributed by atoms with Gasteiger partial charge in [-0.1, -0.05) is 88.1 Å². The molecule has 0 radical (unpaired) electrons. The SMILES string of the molecule is CCCCC(CCCC)(NC(=O)OCC1c2ccccc2-c2ccccc21)C(=O)O. The maximum atomic E-state index is 12.7. The minimum Gasteiger partial charge on any atom is -0.480 e. The van der Waals surface area contributed by atoms with E-state index in [2.05, 4.69) is 29.6 Å². The van der Waals surface area contributed by atoms with Gasteiger partial charge < -0.3 is 15.2 Å². The number of alkyl carbamates (subject to hydrolysis) is 1. The van der Waals surface area contributed by atoms with Gasteiger partial charge in [-0.15, -0.1) is 0 Å². The summed E-state index contributed by atoms with van der Waals surface area (Å²) in [6, 6.07) is 16.3. The summed E-state index contributed by atoms with van der Waals surface area (Å²) in [6.07, 6.45) is 3.36. The van der Waals surface area contributed by atoms with Gasteiger partial charge in [-0.3, -0.25) is 0 Å². The van der Waals surface area contributed by atoms with E-state index >= 15 is 0 Å². The maximum absolute atomic E-state index is 12.7. The molecule has 1 aliphatic rings. The zero-order chi connectivity index (χ0) is 21.6. The van der Waals surface area contributed by atoms with Crippen molar-refractivity contribution in [2.75, 3.05) is 6.61 Å². The van der Waals surface area contributed by atoms with Crippen LogP contribution in [-0.2, 0) is 9.53 Å². The van der Waals surface area contributed by atoms with Crippen molar-refractivity contribution in [2.45, 2.75) is 63.8 Å². The number of carboxylic acid groups (broad SMARTS) is 1. The first kappa shape index (κ1) is 21.9. The molecule has 5 heteroatoms. The molecular formula is C25H31NO4. The summed E-state index contributed by atoms with van der Waals surface area (Å²) in [6.45, 7) is 4.20. The summed E-state index contributed by atoms with van der Waals surface area (Å²) in [5, 5.41) is 12.6. The lowest BCUT2D eigenvalue weighted by Crippen LogP contribution is -2.54. The van der Waals surface area contributed by atoms with E-state index in [4.69, 9.17) is 4.74 Å². The molecule has 0 fully saturated rings. The summed E-state index contributed by atoms with van der Waals surface area (Å²) in [5.41, 5.74) is 3.32. The smallest absolute Gasteiger partial charge is 0.408 e. The Kier molecular flexibility index (Phi) is 7.14. The Bertz CT molecular complexity index is 839. The van der Waals surface area contributed by atoms with Crippen LogP contribution in [0.4, 0.5) is 4.79 Å². The first-order valence-electron chi connectivity index (χ1n) is 10.9. The van der Waals surface area contributed by atoms with Crippen molar-refractivity contribution in [1.82, 2.24) is 5.32 Å². The molecule has 1 amide bonds. The molecule has 2 aromatic carbocycles. The first-order valence-corrected chi connectivity index (χ1v) is 10.9. The average Bonchev–Trinajstić information content (AvgIpc) is 3.08. The van der Waals surface area contributed by atoms with Crippen LogP contribution in [0.5, 0.6) is 0 Å². The molecule has 2 N–H and O–H groups in total. The highest BCUT2D eigenvalue weighted by molar-refractivity contribution is 5.84. The number of amides is 1. The largest absolute Gasteiger partial charge is 0.480 e. The van der Waals surface area contributed by atoms with Crippen molar-refractivity contribution in [3.05, 3.63) is 59.7 Å². The highest BCUT2D eigenvalue weighted by atomic mass is 16.5. The monoisotopic (exact) mass is 409 g/mol. The number of hydrogen-bond acceptors (Lipinski definition) is 3. The van der Waals surface area contributed by atoms with E-state index in [1.165, 1.54) is 0 Å². The van der Waals surface area contributed by atoms with Crippen LogP contribution in [0, 0.1) is 0 Å². The number of unbranched alkanes of at least 4 members (excludes halogenated alkanes) is 2. The van der Waals surface area contributed by atoms with Gasteiger partial charge in [0.2, 0.25) is 0 Å². The van der Waals surface area contributed by atoms with Crippen LogP contribution in [0.2, 0.25) is 0 Å². The average molecular weight is 410 g/mol. The van der Waals surface area contributed by atoms with Crippen LogP contribution in [0.25, 0.3) is 11.1 Å². The molecule has 0 bridgehead atoms. The Morgan fingerprint density at radius 3 is 1.90 bits per heavy atom. The van der Waals surface area contributed by atoms with Crippen molar-refractivity contribution in [3.8, 4) is 11.1 Å². The van der Waals surface area contributed by atoms with Gasteiger partial charge in [0.15, 0.2) is 0 Å². The van der Waals surface area contributed by atoms with Crippen molar-refractivity contribution >= 4 is 12.1 Å². The lowest BCUT2D eigenvalue weighted by molar-refractivity contribution is -0.145. The lowest BCUT2D eigenvalue weighted by Gasteiger charge is -2.30. The van der Waals surface area contributed by atoms with Crippen molar-refractivity contribution in [2.24, 2.45) is 0 Å². The molecule has 0 atom stereocenters. The molecule has 0 saturated carbocycles. The van der Waals surface area contributed by atoms with Gasteiger partial charge in [0, 0.05) is 5.92 Å². The molecule has 0 unspecified atom stereocenters. The number of carbonyl (C=O) groups is 2. The van der Waals surface area contributed by atoms with Gasteiger partial charge in [-0.2, -0.15) is 0 Å². The third kappa shape index (κ3) is 4.50. The molecule has 1 aliphatic carbocycles. The van der Waals surface area contributed by atoms with E-state index in [1.807, 2.05) is 38.1 Å². The van der Waals surface area contributed by atoms with Crippen LogP contribution in [0.1, 0.15) is 69.4 Å². The molecule has 160 valence electrons. The Balaban J connectivity index is 1.73. The summed E-state index contributed by atoms with van der Waals surface area (Å²) >= 11 is 0. The number of nitrogens with one attached hydrogen (secondary N) is 1. The number of carbonyl (C=O) groups excluding carboxylic acids is 1. The number of benzene rings is 2. The molecule has 0 heterocycles. The van der Waals surface area contributed by atoms with E-state index in [-0.39, 0.29) is 12.5 Å². The maximum Gasteiger partial charge on any atom is 0.408 e. The third-order valence-electron chi connectivity index (χ3n) is 6.01. The minimum absolute atomic E-state index is 0.0475. The van der Waals surface area contributed by atoms with E-state index in [0.717, 1.165) is 47.9 Å². The predicted octanol–water partition coefficient (Wildman–Crippen LogP) is 5.73. The van der Waals surface area contributed by atoms with Crippen LogP contribution >= 0.6 is 0 Å². The minimum atomic E-state index is -1.27. The van der Waals surface area contributed by atoms with Gasteiger partial charge in [0.1, 0.15) is 12.1 Å². The fourth-order valence-corrected chi connectivity index (χ4v) is 4.30. The topological polar surface area (TPSA) is 75.6 Å². The molecule has 3 rings (SSSR count). The van der Waals surface area contributed by atoms with Gasteiger partial charge >= 0.3 is 12.1 Å². The second-order valence-corrected chi connectivity index (χ2v) is 8.04. The standard InChI is InChI=1S/C25H31NO4/c1-3-5-15-25(23(27)28,16-6-4-2)26-24(29)30-17-22-20-13-9-7-11-18(20)19-12-8-10-14-21(19)22/h7-14,22H,3-6,15-17H2,1-2H3,(H,26,29)(H,27,28). The molecule has 0 aliphatic heterocycles. The summed E-state index contributed by atoms with van der Waals surface area (Å²) < 4.78 is 5.59. The molecule has 2 aromatic rings. The Hall–Kier alpha value is -2.82. The number of aliphatic carboxylic acids is 1. The van der Waals surface area contributed by atoms with Gasteiger partial charge in [-0.05, 0) is 35.1 Å². The van der Waals surface area contributed by atoms with Gasteiger partial charge in [0.05, 0.1) is 0 Å². The molecule has 0 saturated heterocycles. The number of fused-ring (bicyclic) bond motifs is 3. The summed E-state index contributed by atoms with van der Waals surface area (Å²) in [4.78, 5) is 24.8. The van der Waals surface area contributed by atoms with E-state index in [1.54, 1.807) is 0 Å². The molecule has 0 aromatic heterocycles. The fourth-order valence-electron chi connectivity index (χ4n) is 4.30. The van der Waals surface area contributed by atoms with Crippen molar-refractivity contribution in [1.29, 1.82) is 0 Å². The van der Waals surface area contributed by atoms with Crippen LogP contribution in [0.15, 0.2) is 48.5 Å². The highest BCUT2D eigenvalue weighted by Gasteiger charge is 2.39. The lowest BCUT2D eigenvalue weighted by atomic mass is 9.87. The Morgan fingerprint density at radius 2 is 1.43 bits per heavy atom. The van der Waals surface area contributed by atoms with Crippen molar-refractivity contribution in [3.63, 3.8) is 0 Å². The first-order chi connectivity index (χ1) is 14.5. The number of rotatable bonds is 10. The second-order valence-electron chi connectivity index (χ2n) is 8.04. The molecule has 30 heavy (non-hydrogen) atoms. The van der Waals surface area contributed by atoms with Crippen LogP contribution in [-0.4, -0.2) is 29.3 Å². The normalized spacial score (nSPS) is 12.9. The Labute approximate surface area is 178 Å². The van der Waals surface area contributed by atoms with Gasteiger partial charge in [-0.25, -0.2) is 9.59 Å². The van der Waals surface area contributed by atoms with E-state index < -0.39 is 17.6 Å². The number of carboxylic acids is 1. The second kappa shape index (κ2) is 9.79. The zero-order valence-corrected chi connectivity index (χ0v) is 17.8. The summed E-state index contributed by atoms with van der Waals surface area (Å²) in [5.74, 6) is -1.04. The summed E-state index contributed by atoms with van der Waals surface area (Å²) in [7, 11) is 0. The van der Waals surface area contributed by atoms with Gasteiger partial charge in [0.25, 0.3) is 0 Å². The van der Waals surface area contributed by atoms with Crippen LogP contribution in [0.3, 0.4) is 0 Å². The molecule has 0 spiro atoms. The van der Waals surface area contributed by atoms with E-state index in [9.17, 15) is 14.7 Å². The zero-order valence-electron chi connectivity index (χ0n) is 17.8. The molecule has 5 nitrogen and oxygen atoms in total. The number of ether oxygens (including phenoxy) is 1. The van der Waals surface area contributed by atoms with Crippen LogP contribution < -0.4 is 5.32 Å². The number of hydrogen-bond donors (Lipinski definition) is 2. The fraction of sp³-hybridized carbons (Fsp3) is 0.440. The predicted molar refractivity (Wildman–Crippen MR) is 118 cm³/mol. The molecular weight excluding hydrogens is 378 g/mol. The Morgan fingerprint density at radius 1 is 0.933 bits per heavy atom. The van der Waals surface area contributed by atoms with E-state index in [0.29, 0.717) is 12.8 Å². The third-order valence-corrected chi connectivity index (χ3v) is 6.01. The quantitative estimate of drug-likeness (QED) is 0.525. The van der Waals surface area contributed by atoms with Crippen molar-refractivity contribution < 1.29 is 19.4 Å². The highest BCUT2D eigenvalue weighted by Crippen LogP contribution is 2.44.